The first kappa shape index (κ1) is 15.0. The quantitative estimate of drug-likeness (QED) is 0.764. The van der Waals surface area contributed by atoms with Gasteiger partial charge < -0.3 is 18.9 Å². The molecule has 0 saturated carbocycles. The monoisotopic (exact) mass is 303 g/mol. The molecule has 0 fully saturated rings. The zero-order chi connectivity index (χ0) is 14.6. The molecule has 0 amide bonds. The first-order valence-electron chi connectivity index (χ1n) is 6.01. The van der Waals surface area contributed by atoms with Gasteiger partial charge in [0.15, 0.2) is 17.8 Å². The molecule has 8 heteroatoms. The summed E-state index contributed by atoms with van der Waals surface area (Å²) in [5.74, 6) is 0.969. The van der Waals surface area contributed by atoms with Gasteiger partial charge in [0.1, 0.15) is 13.2 Å². The van der Waals surface area contributed by atoms with Crippen molar-refractivity contribution < 1.29 is 27.4 Å². The van der Waals surface area contributed by atoms with Crippen LogP contribution in [0.5, 0.6) is 11.5 Å². The summed E-state index contributed by atoms with van der Waals surface area (Å²) in [5, 5.41) is 0. The Labute approximate surface area is 117 Å². The third kappa shape index (κ3) is 3.40. The van der Waals surface area contributed by atoms with E-state index in [1.165, 1.54) is 26.4 Å². The lowest BCUT2D eigenvalue weighted by atomic mass is 10.3. The van der Waals surface area contributed by atoms with Crippen LogP contribution in [-0.2, 0) is 19.5 Å². The average molecular weight is 303 g/mol. The van der Waals surface area contributed by atoms with Gasteiger partial charge in [0.05, 0.1) is 11.4 Å². The van der Waals surface area contributed by atoms with Crippen LogP contribution in [0.15, 0.2) is 23.1 Å². The standard InChI is InChI=1S/C12H17NO6S/c1-16-12(17-2)8-13-20(14,15)9-3-4-10-11(7-9)19-6-5-18-10/h3-4,7,12-13H,5-6,8H2,1-2H3. The Morgan fingerprint density at radius 3 is 2.50 bits per heavy atom. The fourth-order valence-electron chi connectivity index (χ4n) is 1.71. The van der Waals surface area contributed by atoms with Crippen LogP contribution in [0.2, 0.25) is 0 Å². The van der Waals surface area contributed by atoms with Gasteiger partial charge in [-0.15, -0.1) is 0 Å². The van der Waals surface area contributed by atoms with E-state index in [2.05, 4.69) is 4.72 Å². The number of rotatable bonds is 6. The molecule has 1 N–H and O–H groups in total. The highest BCUT2D eigenvalue weighted by Crippen LogP contribution is 2.32. The predicted octanol–water partition coefficient (Wildman–Crippen LogP) is 0.355. The lowest BCUT2D eigenvalue weighted by Crippen LogP contribution is -2.34. The minimum absolute atomic E-state index is 0.0176. The summed E-state index contributed by atoms with van der Waals surface area (Å²) in [6.07, 6.45) is -0.637. The van der Waals surface area contributed by atoms with Crippen LogP contribution in [0, 0.1) is 0 Å². The van der Waals surface area contributed by atoms with E-state index >= 15 is 0 Å². The summed E-state index contributed by atoms with van der Waals surface area (Å²) in [6, 6.07) is 4.48. The Bertz CT molecular complexity index is 555. The van der Waals surface area contributed by atoms with Crippen LogP contribution < -0.4 is 14.2 Å². The maximum atomic E-state index is 12.1. The van der Waals surface area contributed by atoms with E-state index in [0.29, 0.717) is 24.7 Å². The van der Waals surface area contributed by atoms with Crippen molar-refractivity contribution >= 4 is 10.0 Å². The van der Waals surface area contributed by atoms with Gasteiger partial charge in [0, 0.05) is 20.3 Å². The van der Waals surface area contributed by atoms with Crippen molar-refractivity contribution in [1.29, 1.82) is 0 Å². The molecule has 2 rings (SSSR count). The third-order valence-corrected chi connectivity index (χ3v) is 4.21. The number of sulfonamides is 1. The molecule has 0 aromatic heterocycles. The summed E-state index contributed by atoms with van der Waals surface area (Å²) in [7, 11) is -0.780. The van der Waals surface area contributed by atoms with Crippen LogP contribution in [0.4, 0.5) is 0 Å². The summed E-state index contributed by atoms with van der Waals surface area (Å²) < 4.78 is 47.2. The molecule has 1 heterocycles. The number of fused-ring (bicyclic) bond motifs is 1. The first-order valence-corrected chi connectivity index (χ1v) is 7.50. The average Bonchev–Trinajstić information content (AvgIpc) is 2.47. The number of benzene rings is 1. The first-order chi connectivity index (χ1) is 9.56. The highest BCUT2D eigenvalue weighted by molar-refractivity contribution is 7.89. The van der Waals surface area contributed by atoms with E-state index in [-0.39, 0.29) is 11.4 Å². The van der Waals surface area contributed by atoms with Gasteiger partial charge in [-0.1, -0.05) is 0 Å². The molecule has 0 radical (unpaired) electrons. The molecule has 112 valence electrons. The van der Waals surface area contributed by atoms with Gasteiger partial charge in [-0.2, -0.15) is 0 Å². The van der Waals surface area contributed by atoms with Crippen molar-refractivity contribution in [3.8, 4) is 11.5 Å². The molecule has 0 unspecified atom stereocenters. The molecule has 0 aliphatic carbocycles. The Balaban J connectivity index is 2.13. The van der Waals surface area contributed by atoms with Crippen molar-refractivity contribution in [2.45, 2.75) is 11.2 Å². The zero-order valence-corrected chi connectivity index (χ0v) is 12.1. The fraction of sp³-hybridized carbons (Fsp3) is 0.500. The van der Waals surface area contributed by atoms with Gasteiger partial charge in [-0.3, -0.25) is 0 Å². The molecule has 1 aliphatic rings. The molecule has 1 aliphatic heterocycles. The lowest BCUT2D eigenvalue weighted by Gasteiger charge is -2.19. The molecule has 1 aromatic carbocycles. The van der Waals surface area contributed by atoms with Gasteiger partial charge in [0.25, 0.3) is 0 Å². The highest BCUT2D eigenvalue weighted by Gasteiger charge is 2.20. The Hall–Kier alpha value is -1.35. The molecular formula is C12H17NO6S. The van der Waals surface area contributed by atoms with Crippen molar-refractivity contribution in [2.75, 3.05) is 34.0 Å². The van der Waals surface area contributed by atoms with E-state index < -0.39 is 16.3 Å². The highest BCUT2D eigenvalue weighted by atomic mass is 32.2. The predicted molar refractivity (Wildman–Crippen MR) is 70.4 cm³/mol. The van der Waals surface area contributed by atoms with Gasteiger partial charge in [-0.05, 0) is 12.1 Å². The molecule has 20 heavy (non-hydrogen) atoms. The van der Waals surface area contributed by atoms with Crippen molar-refractivity contribution in [2.24, 2.45) is 0 Å². The van der Waals surface area contributed by atoms with Gasteiger partial charge in [0.2, 0.25) is 10.0 Å². The molecule has 1 aromatic rings. The van der Waals surface area contributed by atoms with Gasteiger partial charge >= 0.3 is 0 Å². The summed E-state index contributed by atoms with van der Waals surface area (Å²) >= 11 is 0. The van der Waals surface area contributed by atoms with Gasteiger partial charge in [-0.25, -0.2) is 13.1 Å². The maximum Gasteiger partial charge on any atom is 0.240 e. The van der Waals surface area contributed by atoms with Crippen LogP contribution in [0.25, 0.3) is 0 Å². The number of hydrogen-bond acceptors (Lipinski definition) is 6. The topological polar surface area (TPSA) is 83.1 Å². The van der Waals surface area contributed by atoms with Crippen LogP contribution in [0.1, 0.15) is 0 Å². The SMILES string of the molecule is COC(CNS(=O)(=O)c1ccc2c(c1)OCCO2)OC. The lowest BCUT2D eigenvalue weighted by molar-refractivity contribution is -0.0960. The van der Waals surface area contributed by atoms with Crippen molar-refractivity contribution in [1.82, 2.24) is 4.72 Å². The minimum atomic E-state index is -3.65. The Morgan fingerprint density at radius 2 is 1.85 bits per heavy atom. The van der Waals surface area contributed by atoms with E-state index in [1.54, 1.807) is 6.07 Å². The summed E-state index contributed by atoms with van der Waals surface area (Å²) in [4.78, 5) is 0.104. The van der Waals surface area contributed by atoms with E-state index in [1.807, 2.05) is 0 Å². The number of ether oxygens (including phenoxy) is 4. The fourth-order valence-corrected chi connectivity index (χ4v) is 2.75. The van der Waals surface area contributed by atoms with E-state index in [0.717, 1.165) is 0 Å². The van der Waals surface area contributed by atoms with Crippen LogP contribution in [-0.4, -0.2) is 48.7 Å². The smallest absolute Gasteiger partial charge is 0.240 e. The Morgan fingerprint density at radius 1 is 1.20 bits per heavy atom. The Kier molecular flexibility index (Phi) is 4.81. The number of methoxy groups -OCH3 is 2. The number of nitrogens with one attached hydrogen (secondary N) is 1. The second-order valence-electron chi connectivity index (χ2n) is 4.06. The molecule has 7 nitrogen and oxygen atoms in total. The summed E-state index contributed by atoms with van der Waals surface area (Å²) in [5.41, 5.74) is 0. The molecular weight excluding hydrogens is 286 g/mol. The largest absolute Gasteiger partial charge is 0.486 e. The molecule has 0 bridgehead atoms. The van der Waals surface area contributed by atoms with Crippen molar-refractivity contribution in [3.63, 3.8) is 0 Å². The van der Waals surface area contributed by atoms with Crippen molar-refractivity contribution in [3.05, 3.63) is 18.2 Å². The zero-order valence-electron chi connectivity index (χ0n) is 11.3. The van der Waals surface area contributed by atoms with E-state index in [4.69, 9.17) is 18.9 Å². The molecule has 0 spiro atoms. The minimum Gasteiger partial charge on any atom is -0.486 e. The normalized spacial score (nSPS) is 14.6. The third-order valence-electron chi connectivity index (χ3n) is 2.79. The molecule has 0 atom stereocenters. The summed E-state index contributed by atoms with van der Waals surface area (Å²) in [6.45, 7) is 0.879. The second kappa shape index (κ2) is 6.40. The second-order valence-corrected chi connectivity index (χ2v) is 5.83. The molecule has 0 saturated heterocycles. The maximum absolute atomic E-state index is 12.1. The van der Waals surface area contributed by atoms with E-state index in [9.17, 15) is 8.42 Å². The van der Waals surface area contributed by atoms with Crippen LogP contribution in [0.3, 0.4) is 0 Å². The van der Waals surface area contributed by atoms with Crippen LogP contribution >= 0.6 is 0 Å². The number of hydrogen-bond donors (Lipinski definition) is 1.